The average Bonchev–Trinajstić information content (AvgIpc) is 2.79. The number of thiazole rings is 1. The van der Waals surface area contributed by atoms with Crippen LogP contribution in [0.2, 0.25) is 4.34 Å². The molecule has 0 fully saturated rings. The van der Waals surface area contributed by atoms with Crippen molar-refractivity contribution in [2.45, 2.75) is 0 Å². The third-order valence-electron chi connectivity index (χ3n) is 2.49. The third kappa shape index (κ3) is 3.07. The first-order chi connectivity index (χ1) is 9.22. The highest BCUT2D eigenvalue weighted by Crippen LogP contribution is 2.19. The fourth-order valence-electron chi connectivity index (χ4n) is 1.63. The van der Waals surface area contributed by atoms with Gasteiger partial charge in [-0.3, -0.25) is 14.2 Å². The third-order valence-corrected chi connectivity index (χ3v) is 3.59. The highest BCUT2D eigenvalue weighted by molar-refractivity contribution is 7.20. The van der Waals surface area contributed by atoms with E-state index in [0.717, 1.165) is 5.56 Å². The molecule has 3 rings (SSSR count). The monoisotopic (exact) mass is 325 g/mol. The van der Waals surface area contributed by atoms with Gasteiger partial charge in [-0.2, -0.15) is 0 Å². The normalized spacial score (nSPS) is 10.8. The Kier molecular flexibility index (Phi) is 4.54. The predicted molar refractivity (Wildman–Crippen MR) is 84.8 cm³/mol. The highest BCUT2D eigenvalue weighted by Gasteiger charge is 2.04. The van der Waals surface area contributed by atoms with E-state index in [1.54, 1.807) is 24.7 Å². The van der Waals surface area contributed by atoms with Crippen molar-refractivity contribution in [3.05, 3.63) is 62.7 Å². The maximum atomic E-state index is 11.8. The molecule has 4 nitrogen and oxygen atoms in total. The Morgan fingerprint density at radius 2 is 2.20 bits per heavy atom. The topological polar surface area (TPSA) is 47.3 Å². The Balaban J connectivity index is 0.00000147. The lowest BCUT2D eigenvalue weighted by Gasteiger charge is -1.95. The molecule has 0 unspecified atom stereocenters. The molecule has 7 heteroatoms. The summed E-state index contributed by atoms with van der Waals surface area (Å²) in [5, 5.41) is 0. The number of rotatable bonds is 2. The summed E-state index contributed by atoms with van der Waals surface area (Å²) < 4.78 is 1.98. The zero-order valence-corrected chi connectivity index (χ0v) is 12.5. The first-order valence-corrected chi connectivity index (χ1v) is 6.69. The molecule has 0 bridgehead atoms. The van der Waals surface area contributed by atoms with Gasteiger partial charge in [0.25, 0.3) is 5.56 Å². The van der Waals surface area contributed by atoms with Gasteiger partial charge in [-0.1, -0.05) is 35.1 Å². The van der Waals surface area contributed by atoms with Crippen LogP contribution in [0.5, 0.6) is 0 Å². The van der Waals surface area contributed by atoms with Crippen LogP contribution in [0.3, 0.4) is 0 Å². The molecule has 3 aromatic heterocycles. The number of nitrogens with zero attached hydrogens (tertiary/aromatic N) is 3. The van der Waals surface area contributed by atoms with E-state index in [1.165, 1.54) is 21.8 Å². The molecule has 0 saturated carbocycles. The van der Waals surface area contributed by atoms with Crippen molar-refractivity contribution >= 4 is 52.5 Å². The zero-order chi connectivity index (χ0) is 13.2. The minimum atomic E-state index is -0.140. The van der Waals surface area contributed by atoms with Crippen LogP contribution < -0.4 is 5.56 Å². The predicted octanol–water partition coefficient (Wildman–Crippen LogP) is 3.40. The summed E-state index contributed by atoms with van der Waals surface area (Å²) in [6.07, 6.45) is 8.67. The Morgan fingerprint density at radius 1 is 1.35 bits per heavy atom. The zero-order valence-electron chi connectivity index (χ0n) is 10.1. The van der Waals surface area contributed by atoms with Crippen molar-refractivity contribution in [2.24, 2.45) is 0 Å². The highest BCUT2D eigenvalue weighted by atomic mass is 35.5. The van der Waals surface area contributed by atoms with Crippen molar-refractivity contribution in [1.82, 2.24) is 14.4 Å². The molecule has 0 aliphatic heterocycles. The Bertz CT molecular complexity index is 811. The minimum Gasteiger partial charge on any atom is -0.269 e. The molecule has 3 aromatic rings. The molecule has 0 saturated heterocycles. The summed E-state index contributed by atoms with van der Waals surface area (Å²) in [4.78, 5) is 20.8. The Labute approximate surface area is 129 Å². The van der Waals surface area contributed by atoms with E-state index in [1.807, 2.05) is 18.2 Å². The SMILES string of the molecule is Cl.O=c1cc(/C=C/c2cccnc2)nc2sc(Cl)cn12. The summed E-state index contributed by atoms with van der Waals surface area (Å²) >= 11 is 7.15. The van der Waals surface area contributed by atoms with E-state index in [0.29, 0.717) is 15.0 Å². The van der Waals surface area contributed by atoms with Gasteiger partial charge in [0.2, 0.25) is 0 Å². The van der Waals surface area contributed by atoms with Crippen molar-refractivity contribution < 1.29 is 0 Å². The second kappa shape index (κ2) is 6.17. The van der Waals surface area contributed by atoms with Crippen LogP contribution in [0.1, 0.15) is 11.3 Å². The lowest BCUT2D eigenvalue weighted by Crippen LogP contribution is -2.11. The number of hydrogen-bond acceptors (Lipinski definition) is 4. The van der Waals surface area contributed by atoms with E-state index >= 15 is 0 Å². The van der Waals surface area contributed by atoms with Crippen LogP contribution in [0.4, 0.5) is 0 Å². The summed E-state index contributed by atoms with van der Waals surface area (Å²) in [6, 6.07) is 5.25. The van der Waals surface area contributed by atoms with Crippen LogP contribution in [-0.4, -0.2) is 14.4 Å². The fraction of sp³-hybridized carbons (Fsp3) is 0. The van der Waals surface area contributed by atoms with Gasteiger partial charge in [0.05, 0.1) is 5.69 Å². The molecule has 0 aliphatic rings. The fourth-order valence-corrected chi connectivity index (χ4v) is 2.66. The standard InChI is InChI=1S/C13H8ClN3OS.ClH/c14-11-8-17-12(18)6-10(16-13(17)19-11)4-3-9-2-1-5-15-7-9;/h1-8H;1H/b4-3+;. The van der Waals surface area contributed by atoms with E-state index < -0.39 is 0 Å². The van der Waals surface area contributed by atoms with Crippen LogP contribution in [0.15, 0.2) is 41.6 Å². The van der Waals surface area contributed by atoms with Gasteiger partial charge >= 0.3 is 0 Å². The average molecular weight is 326 g/mol. The number of pyridine rings is 1. The van der Waals surface area contributed by atoms with Gasteiger partial charge in [-0.25, -0.2) is 4.98 Å². The molecule has 0 atom stereocenters. The van der Waals surface area contributed by atoms with Gasteiger partial charge < -0.3 is 0 Å². The summed E-state index contributed by atoms with van der Waals surface area (Å²) in [5.41, 5.74) is 1.42. The lowest BCUT2D eigenvalue weighted by molar-refractivity contribution is 1.07. The first-order valence-electron chi connectivity index (χ1n) is 5.49. The van der Waals surface area contributed by atoms with Crippen LogP contribution in [-0.2, 0) is 0 Å². The van der Waals surface area contributed by atoms with Gasteiger partial charge in [0, 0.05) is 24.7 Å². The molecule has 102 valence electrons. The number of fused-ring (bicyclic) bond motifs is 1. The second-order valence-electron chi connectivity index (χ2n) is 3.83. The molecule has 0 amide bonds. The number of halogens is 2. The molecule has 20 heavy (non-hydrogen) atoms. The van der Waals surface area contributed by atoms with Crippen molar-refractivity contribution in [2.75, 3.05) is 0 Å². The summed E-state index contributed by atoms with van der Waals surface area (Å²) in [7, 11) is 0. The number of aromatic nitrogens is 3. The van der Waals surface area contributed by atoms with Crippen LogP contribution >= 0.6 is 35.3 Å². The maximum Gasteiger partial charge on any atom is 0.259 e. The Hall–Kier alpha value is -1.69. The van der Waals surface area contributed by atoms with Crippen LogP contribution in [0.25, 0.3) is 17.1 Å². The van der Waals surface area contributed by atoms with Gasteiger partial charge in [0.15, 0.2) is 4.96 Å². The minimum absolute atomic E-state index is 0. The smallest absolute Gasteiger partial charge is 0.259 e. The van der Waals surface area contributed by atoms with Crippen molar-refractivity contribution in [1.29, 1.82) is 0 Å². The molecule has 0 N–H and O–H groups in total. The lowest BCUT2D eigenvalue weighted by atomic mass is 10.2. The molecular formula is C13H9Cl2N3OS. The molecule has 0 spiro atoms. The van der Waals surface area contributed by atoms with E-state index in [2.05, 4.69) is 9.97 Å². The van der Waals surface area contributed by atoms with Gasteiger partial charge in [0.1, 0.15) is 4.34 Å². The quantitative estimate of drug-likeness (QED) is 0.725. The summed E-state index contributed by atoms with van der Waals surface area (Å²) in [6.45, 7) is 0. The van der Waals surface area contributed by atoms with Gasteiger partial charge in [-0.05, 0) is 17.7 Å². The molecule has 3 heterocycles. The van der Waals surface area contributed by atoms with Crippen LogP contribution in [0, 0.1) is 0 Å². The molecule has 0 aliphatic carbocycles. The number of hydrogen-bond donors (Lipinski definition) is 0. The Morgan fingerprint density at radius 3 is 2.95 bits per heavy atom. The van der Waals surface area contributed by atoms with E-state index in [9.17, 15) is 4.79 Å². The largest absolute Gasteiger partial charge is 0.269 e. The molecule has 0 aromatic carbocycles. The van der Waals surface area contributed by atoms with Gasteiger partial charge in [-0.15, -0.1) is 12.4 Å². The first kappa shape index (κ1) is 14.7. The second-order valence-corrected chi connectivity index (χ2v) is 5.47. The van der Waals surface area contributed by atoms with E-state index in [4.69, 9.17) is 11.6 Å². The summed E-state index contributed by atoms with van der Waals surface area (Å²) in [5.74, 6) is 0. The van der Waals surface area contributed by atoms with Crippen molar-refractivity contribution in [3.8, 4) is 0 Å². The molecular weight excluding hydrogens is 317 g/mol. The molecule has 0 radical (unpaired) electrons. The van der Waals surface area contributed by atoms with Crippen molar-refractivity contribution in [3.63, 3.8) is 0 Å². The maximum absolute atomic E-state index is 11.8. The van der Waals surface area contributed by atoms with E-state index in [-0.39, 0.29) is 18.0 Å².